The molecule has 0 saturated heterocycles. The van der Waals surface area contributed by atoms with Crippen molar-refractivity contribution in [2.24, 2.45) is 5.92 Å². The third kappa shape index (κ3) is 8.30. The Morgan fingerprint density at radius 2 is 1.53 bits per heavy atom. The number of benzene rings is 2. The van der Waals surface area contributed by atoms with Gasteiger partial charge in [-0.25, -0.2) is 8.42 Å². The number of rotatable bonds is 10. The summed E-state index contributed by atoms with van der Waals surface area (Å²) >= 11 is 30.6. The normalized spacial score (nSPS) is 12.4. The molecule has 0 spiro atoms. The summed E-state index contributed by atoms with van der Waals surface area (Å²) in [5.74, 6) is -0.880. The lowest BCUT2D eigenvalue weighted by Crippen LogP contribution is -2.51. The van der Waals surface area contributed by atoms with E-state index in [0.717, 1.165) is 10.6 Å². The summed E-state index contributed by atoms with van der Waals surface area (Å²) < 4.78 is 26.2. The molecule has 36 heavy (non-hydrogen) atoms. The minimum absolute atomic E-state index is 0.0161. The van der Waals surface area contributed by atoms with Crippen LogP contribution in [0.3, 0.4) is 0 Å². The predicted molar refractivity (Wildman–Crippen MR) is 148 cm³/mol. The van der Waals surface area contributed by atoms with E-state index in [0.29, 0.717) is 22.2 Å². The van der Waals surface area contributed by atoms with Crippen molar-refractivity contribution in [1.82, 2.24) is 10.2 Å². The maximum Gasteiger partial charge on any atom is 0.244 e. The van der Waals surface area contributed by atoms with Crippen molar-refractivity contribution in [2.75, 3.05) is 23.7 Å². The second kappa shape index (κ2) is 12.9. The second-order valence-electron chi connectivity index (χ2n) is 8.56. The molecule has 1 atom stereocenters. The smallest absolute Gasteiger partial charge is 0.244 e. The van der Waals surface area contributed by atoms with Crippen LogP contribution in [0.4, 0.5) is 5.69 Å². The molecule has 7 nitrogen and oxygen atoms in total. The highest BCUT2D eigenvalue weighted by molar-refractivity contribution is 7.92. The van der Waals surface area contributed by atoms with Gasteiger partial charge in [0.15, 0.2) is 0 Å². The standard InChI is InChI=1S/C23H26Cl5N3O4S/c1-13(2)10-29-23(33)14(3)30(11-15-5-6-16(24)7-17(15)25)22(32)12-31(36(4,34)35)21-9-19(27)18(26)8-20(21)28/h5-9,13-14H,10-12H2,1-4H3,(H,29,33)/t14-/m1/s1. The van der Waals surface area contributed by atoms with E-state index in [1.165, 1.54) is 23.1 Å². The van der Waals surface area contributed by atoms with Crippen LogP contribution in [0.1, 0.15) is 26.3 Å². The van der Waals surface area contributed by atoms with Crippen LogP contribution in [0, 0.1) is 5.92 Å². The van der Waals surface area contributed by atoms with Gasteiger partial charge < -0.3 is 10.2 Å². The third-order valence-electron chi connectivity index (χ3n) is 5.15. The van der Waals surface area contributed by atoms with Crippen LogP contribution in [0.15, 0.2) is 30.3 Å². The molecule has 0 radical (unpaired) electrons. The number of anilines is 1. The monoisotopic (exact) mass is 615 g/mol. The van der Waals surface area contributed by atoms with Crippen molar-refractivity contribution in [3.05, 3.63) is 61.0 Å². The minimum Gasteiger partial charge on any atom is -0.354 e. The zero-order chi connectivity index (χ0) is 27.4. The van der Waals surface area contributed by atoms with Crippen LogP contribution in [-0.2, 0) is 26.2 Å². The summed E-state index contributed by atoms with van der Waals surface area (Å²) in [5, 5.41) is 3.66. The minimum atomic E-state index is -4.00. The molecule has 0 aliphatic rings. The number of carbonyl (C=O) groups excluding carboxylic acids is 2. The number of halogens is 5. The van der Waals surface area contributed by atoms with Gasteiger partial charge in [0.1, 0.15) is 12.6 Å². The first-order valence-electron chi connectivity index (χ1n) is 10.7. The number of hydrogen-bond donors (Lipinski definition) is 1. The summed E-state index contributed by atoms with van der Waals surface area (Å²) in [5.41, 5.74) is 0.500. The molecule has 13 heteroatoms. The van der Waals surface area contributed by atoms with Crippen molar-refractivity contribution in [1.29, 1.82) is 0 Å². The Balaban J connectivity index is 2.47. The topological polar surface area (TPSA) is 86.8 Å². The third-order valence-corrected chi connectivity index (χ3v) is 7.88. The average Bonchev–Trinajstić information content (AvgIpc) is 2.76. The molecule has 2 amide bonds. The van der Waals surface area contributed by atoms with E-state index in [1.54, 1.807) is 19.1 Å². The summed E-state index contributed by atoms with van der Waals surface area (Å²) in [4.78, 5) is 27.7. The molecule has 2 rings (SSSR count). The van der Waals surface area contributed by atoms with Gasteiger partial charge in [0, 0.05) is 23.1 Å². The first kappa shape index (κ1) is 30.8. The lowest BCUT2D eigenvalue weighted by molar-refractivity contribution is -0.139. The second-order valence-corrected chi connectivity index (χ2v) is 12.5. The van der Waals surface area contributed by atoms with Crippen molar-refractivity contribution in [3.8, 4) is 0 Å². The van der Waals surface area contributed by atoms with E-state index in [2.05, 4.69) is 5.32 Å². The van der Waals surface area contributed by atoms with Gasteiger partial charge in [0.25, 0.3) is 0 Å². The molecule has 0 aromatic heterocycles. The van der Waals surface area contributed by atoms with Gasteiger partial charge in [-0.2, -0.15) is 0 Å². The van der Waals surface area contributed by atoms with E-state index < -0.39 is 34.4 Å². The van der Waals surface area contributed by atoms with Crippen LogP contribution in [-0.4, -0.2) is 50.5 Å². The van der Waals surface area contributed by atoms with Crippen LogP contribution in [0.5, 0.6) is 0 Å². The summed E-state index contributed by atoms with van der Waals surface area (Å²) in [6.45, 7) is 5.11. The van der Waals surface area contributed by atoms with Crippen LogP contribution >= 0.6 is 58.0 Å². The Labute approximate surface area is 236 Å². The van der Waals surface area contributed by atoms with E-state index in [-0.39, 0.29) is 33.2 Å². The number of hydrogen-bond acceptors (Lipinski definition) is 4. The molecule has 198 valence electrons. The lowest BCUT2D eigenvalue weighted by Gasteiger charge is -2.32. The van der Waals surface area contributed by atoms with Gasteiger partial charge >= 0.3 is 0 Å². The maximum atomic E-state index is 13.6. The fourth-order valence-corrected chi connectivity index (χ4v) is 5.18. The SMILES string of the molecule is CC(C)CNC(=O)[C@@H](C)N(Cc1ccc(Cl)cc1Cl)C(=O)CN(c1cc(Cl)c(Cl)cc1Cl)S(C)(=O)=O. The Kier molecular flexibility index (Phi) is 11.0. The molecule has 0 bridgehead atoms. The zero-order valence-corrected chi connectivity index (χ0v) is 24.6. The predicted octanol–water partition coefficient (Wildman–Crippen LogP) is 5.91. The number of amides is 2. The van der Waals surface area contributed by atoms with Gasteiger partial charge in [0.2, 0.25) is 21.8 Å². The highest BCUT2D eigenvalue weighted by Gasteiger charge is 2.31. The maximum absolute atomic E-state index is 13.6. The van der Waals surface area contributed by atoms with Gasteiger partial charge in [-0.1, -0.05) is 77.9 Å². The Hall–Kier alpha value is -1.42. The van der Waals surface area contributed by atoms with Gasteiger partial charge in [-0.15, -0.1) is 0 Å². The number of nitrogens with one attached hydrogen (secondary N) is 1. The van der Waals surface area contributed by atoms with E-state index in [1.807, 2.05) is 13.8 Å². The first-order chi connectivity index (χ1) is 16.6. The van der Waals surface area contributed by atoms with Crippen molar-refractivity contribution in [3.63, 3.8) is 0 Å². The number of carbonyl (C=O) groups is 2. The Bertz CT molecular complexity index is 1240. The van der Waals surface area contributed by atoms with E-state index >= 15 is 0 Å². The molecule has 0 aliphatic heterocycles. The van der Waals surface area contributed by atoms with Crippen LogP contribution in [0.2, 0.25) is 25.1 Å². The first-order valence-corrected chi connectivity index (χ1v) is 14.5. The largest absolute Gasteiger partial charge is 0.354 e. The fourth-order valence-electron chi connectivity index (χ4n) is 3.17. The Morgan fingerprint density at radius 3 is 2.08 bits per heavy atom. The molecular formula is C23H26Cl5N3O4S. The zero-order valence-electron chi connectivity index (χ0n) is 20.0. The number of sulfonamides is 1. The van der Waals surface area contributed by atoms with Gasteiger partial charge in [0.05, 0.1) is 27.0 Å². The Morgan fingerprint density at radius 1 is 0.917 bits per heavy atom. The molecule has 0 fully saturated rings. The molecule has 2 aromatic carbocycles. The van der Waals surface area contributed by atoms with E-state index in [9.17, 15) is 18.0 Å². The van der Waals surface area contributed by atoms with Crippen molar-refractivity contribution in [2.45, 2.75) is 33.4 Å². The molecule has 1 N–H and O–H groups in total. The summed E-state index contributed by atoms with van der Waals surface area (Å²) in [7, 11) is -4.00. The lowest BCUT2D eigenvalue weighted by atomic mass is 10.1. The molecule has 0 saturated carbocycles. The molecule has 2 aromatic rings. The number of nitrogens with zero attached hydrogens (tertiary/aromatic N) is 2. The molecule has 0 unspecified atom stereocenters. The fraction of sp³-hybridized carbons (Fsp3) is 0.391. The highest BCUT2D eigenvalue weighted by Crippen LogP contribution is 2.35. The van der Waals surface area contributed by atoms with Crippen LogP contribution in [0.25, 0.3) is 0 Å². The van der Waals surface area contributed by atoms with Gasteiger partial charge in [-0.05, 0) is 42.7 Å². The van der Waals surface area contributed by atoms with Crippen molar-refractivity contribution < 1.29 is 18.0 Å². The van der Waals surface area contributed by atoms with E-state index in [4.69, 9.17) is 58.0 Å². The molecule has 0 heterocycles. The average molecular weight is 618 g/mol. The highest BCUT2D eigenvalue weighted by atomic mass is 35.5. The summed E-state index contributed by atoms with van der Waals surface area (Å²) in [6, 6.07) is 6.36. The molecular weight excluding hydrogens is 592 g/mol. The van der Waals surface area contributed by atoms with Crippen molar-refractivity contribution >= 4 is 85.5 Å². The van der Waals surface area contributed by atoms with Gasteiger partial charge in [-0.3, -0.25) is 13.9 Å². The van der Waals surface area contributed by atoms with Crippen LogP contribution < -0.4 is 9.62 Å². The molecule has 0 aliphatic carbocycles. The quantitative estimate of drug-likeness (QED) is 0.336. The summed E-state index contributed by atoms with van der Waals surface area (Å²) in [6.07, 6.45) is 0.929.